The number of fused-ring (bicyclic) bond motifs is 2. The van der Waals surface area contributed by atoms with Gasteiger partial charge in [0.2, 0.25) is 0 Å². The second kappa shape index (κ2) is 7.50. The van der Waals surface area contributed by atoms with Crippen molar-refractivity contribution in [1.82, 2.24) is 10.1 Å². The van der Waals surface area contributed by atoms with Crippen LogP contribution in [0.2, 0.25) is 5.02 Å². The first-order valence-electron chi connectivity index (χ1n) is 10.7. The van der Waals surface area contributed by atoms with Crippen LogP contribution in [0.25, 0.3) is 11.3 Å². The van der Waals surface area contributed by atoms with Gasteiger partial charge in [-0.2, -0.15) is 0 Å². The number of halogens is 1. The Balaban J connectivity index is 1.59. The summed E-state index contributed by atoms with van der Waals surface area (Å²) in [6.45, 7) is 6.66. The lowest BCUT2D eigenvalue weighted by Gasteiger charge is -2.38. The lowest BCUT2D eigenvalue weighted by Crippen LogP contribution is -2.45. The molecule has 0 N–H and O–H groups in total. The molecule has 1 amide bonds. The van der Waals surface area contributed by atoms with Crippen molar-refractivity contribution in [2.24, 2.45) is 0 Å². The highest BCUT2D eigenvalue weighted by atomic mass is 35.5. The fraction of sp³-hybridized carbons (Fsp3) is 0.360. The minimum atomic E-state index is -0.0745. The zero-order chi connectivity index (χ0) is 21.8. The van der Waals surface area contributed by atoms with Crippen molar-refractivity contribution in [3.63, 3.8) is 0 Å². The van der Waals surface area contributed by atoms with E-state index in [1.807, 2.05) is 23.1 Å². The number of hydrogen-bond donors (Lipinski definition) is 0. The van der Waals surface area contributed by atoms with Crippen molar-refractivity contribution in [2.75, 3.05) is 31.6 Å². The molecule has 6 heteroatoms. The first-order valence-corrected chi connectivity index (χ1v) is 11.1. The SMILES string of the molecule is Cc1ccc2c(c1)C1(CCN(C)CC1)CN2C(=O)c1c(-c2ccccc2Cl)noc1C. The van der Waals surface area contributed by atoms with E-state index in [1.54, 1.807) is 13.0 Å². The van der Waals surface area contributed by atoms with Gasteiger partial charge in [0.05, 0.1) is 5.02 Å². The van der Waals surface area contributed by atoms with Crippen LogP contribution in [0.4, 0.5) is 5.69 Å². The molecule has 2 aliphatic rings. The van der Waals surface area contributed by atoms with Crippen LogP contribution in [0.3, 0.4) is 0 Å². The molecule has 1 aromatic heterocycles. The summed E-state index contributed by atoms with van der Waals surface area (Å²) < 4.78 is 5.48. The van der Waals surface area contributed by atoms with Gasteiger partial charge in [0, 0.05) is 23.2 Å². The number of anilines is 1. The molecule has 0 bridgehead atoms. The van der Waals surface area contributed by atoms with E-state index in [0.717, 1.165) is 31.6 Å². The first-order chi connectivity index (χ1) is 14.9. The Morgan fingerprint density at radius 2 is 1.87 bits per heavy atom. The maximum absolute atomic E-state index is 13.9. The van der Waals surface area contributed by atoms with Crippen LogP contribution < -0.4 is 4.90 Å². The molecular weight excluding hydrogens is 410 g/mol. The van der Waals surface area contributed by atoms with Gasteiger partial charge in [0.15, 0.2) is 0 Å². The van der Waals surface area contributed by atoms with E-state index in [1.165, 1.54) is 11.1 Å². The van der Waals surface area contributed by atoms with E-state index in [9.17, 15) is 4.79 Å². The summed E-state index contributed by atoms with van der Waals surface area (Å²) in [5, 5.41) is 4.76. The summed E-state index contributed by atoms with van der Waals surface area (Å²) in [4.78, 5) is 18.2. The maximum Gasteiger partial charge on any atom is 0.264 e. The predicted octanol–water partition coefficient (Wildman–Crippen LogP) is 5.24. The molecular formula is C25H26ClN3O2. The van der Waals surface area contributed by atoms with E-state index in [2.05, 4.69) is 42.2 Å². The zero-order valence-corrected chi connectivity index (χ0v) is 18.9. The van der Waals surface area contributed by atoms with Gasteiger partial charge in [-0.15, -0.1) is 0 Å². The monoisotopic (exact) mass is 435 g/mol. The van der Waals surface area contributed by atoms with Gasteiger partial charge in [-0.1, -0.05) is 52.7 Å². The zero-order valence-electron chi connectivity index (χ0n) is 18.1. The Kier molecular flexibility index (Phi) is 4.91. The predicted molar refractivity (Wildman–Crippen MR) is 123 cm³/mol. The summed E-state index contributed by atoms with van der Waals surface area (Å²) in [6, 6.07) is 13.9. The topological polar surface area (TPSA) is 49.6 Å². The fourth-order valence-corrected chi connectivity index (χ4v) is 5.26. The standard InChI is InChI=1S/C25H26ClN3O2/c1-16-8-9-21-19(14-16)25(10-12-28(3)13-11-25)15-29(21)24(30)22-17(2)31-27-23(22)18-6-4-5-7-20(18)26/h4-9,14H,10-13,15H2,1-3H3. The van der Waals surface area contributed by atoms with Crippen LogP contribution in [0.5, 0.6) is 0 Å². The molecule has 2 aliphatic heterocycles. The second-order valence-corrected chi connectivity index (χ2v) is 9.34. The molecule has 1 saturated heterocycles. The second-order valence-electron chi connectivity index (χ2n) is 8.94. The summed E-state index contributed by atoms with van der Waals surface area (Å²) in [5.74, 6) is 0.437. The molecule has 0 radical (unpaired) electrons. The Labute approximate surface area is 187 Å². The van der Waals surface area contributed by atoms with Crippen LogP contribution in [0, 0.1) is 13.8 Å². The molecule has 2 aromatic carbocycles. The Hall–Kier alpha value is -2.63. The van der Waals surface area contributed by atoms with Gasteiger partial charge >= 0.3 is 0 Å². The molecule has 0 unspecified atom stereocenters. The number of nitrogens with zero attached hydrogens (tertiary/aromatic N) is 3. The highest BCUT2D eigenvalue weighted by molar-refractivity contribution is 6.33. The smallest absolute Gasteiger partial charge is 0.264 e. The number of amides is 1. The number of aryl methyl sites for hydroxylation is 2. The van der Waals surface area contributed by atoms with Crippen LogP contribution in [0.1, 0.15) is 40.1 Å². The van der Waals surface area contributed by atoms with Crippen LogP contribution >= 0.6 is 11.6 Å². The summed E-state index contributed by atoms with van der Waals surface area (Å²) in [5.41, 5.74) is 5.23. The number of rotatable bonds is 2. The molecule has 0 aliphatic carbocycles. The maximum atomic E-state index is 13.9. The van der Waals surface area contributed by atoms with E-state index in [0.29, 0.717) is 34.1 Å². The van der Waals surface area contributed by atoms with Crippen molar-refractivity contribution in [3.05, 3.63) is 69.9 Å². The van der Waals surface area contributed by atoms with Crippen molar-refractivity contribution in [3.8, 4) is 11.3 Å². The average molecular weight is 436 g/mol. The number of likely N-dealkylation sites (tertiary alicyclic amines) is 1. The molecule has 3 heterocycles. The van der Waals surface area contributed by atoms with Gasteiger partial charge in [0.25, 0.3) is 5.91 Å². The molecule has 5 nitrogen and oxygen atoms in total. The number of benzene rings is 2. The minimum absolute atomic E-state index is 0.000846. The average Bonchev–Trinajstić information content (AvgIpc) is 3.29. The lowest BCUT2D eigenvalue weighted by molar-refractivity contribution is 0.0978. The third-order valence-electron chi connectivity index (χ3n) is 6.87. The Bertz CT molecular complexity index is 1160. The summed E-state index contributed by atoms with van der Waals surface area (Å²) >= 11 is 6.42. The van der Waals surface area contributed by atoms with Gasteiger partial charge < -0.3 is 14.3 Å². The first kappa shape index (κ1) is 20.3. The Morgan fingerprint density at radius 1 is 1.13 bits per heavy atom. The molecule has 0 saturated carbocycles. The number of carbonyl (C=O) groups is 1. The highest BCUT2D eigenvalue weighted by Crippen LogP contribution is 2.48. The van der Waals surface area contributed by atoms with E-state index in [-0.39, 0.29) is 11.3 Å². The third kappa shape index (κ3) is 3.27. The lowest BCUT2D eigenvalue weighted by atomic mass is 9.74. The molecule has 160 valence electrons. The number of piperidine rings is 1. The molecule has 1 spiro atoms. The van der Waals surface area contributed by atoms with E-state index < -0.39 is 0 Å². The fourth-order valence-electron chi connectivity index (χ4n) is 5.03. The quantitative estimate of drug-likeness (QED) is 0.552. The van der Waals surface area contributed by atoms with Crippen molar-refractivity contribution in [1.29, 1.82) is 0 Å². The molecule has 31 heavy (non-hydrogen) atoms. The van der Waals surface area contributed by atoms with Crippen molar-refractivity contribution < 1.29 is 9.32 Å². The summed E-state index contributed by atoms with van der Waals surface area (Å²) in [6.07, 6.45) is 2.09. The number of aromatic nitrogens is 1. The number of carbonyl (C=O) groups excluding carboxylic acids is 1. The third-order valence-corrected chi connectivity index (χ3v) is 7.20. The summed E-state index contributed by atoms with van der Waals surface area (Å²) in [7, 11) is 2.16. The largest absolute Gasteiger partial charge is 0.360 e. The molecule has 3 aromatic rings. The van der Waals surface area contributed by atoms with Crippen LogP contribution in [0.15, 0.2) is 47.0 Å². The van der Waals surface area contributed by atoms with Crippen molar-refractivity contribution >= 4 is 23.2 Å². The van der Waals surface area contributed by atoms with Crippen LogP contribution in [-0.4, -0.2) is 42.6 Å². The van der Waals surface area contributed by atoms with Gasteiger partial charge in [-0.25, -0.2) is 0 Å². The van der Waals surface area contributed by atoms with Crippen LogP contribution in [-0.2, 0) is 5.41 Å². The number of hydrogen-bond acceptors (Lipinski definition) is 4. The molecule has 1 fully saturated rings. The molecule has 0 atom stereocenters. The van der Waals surface area contributed by atoms with Gasteiger partial charge in [0.1, 0.15) is 17.0 Å². The van der Waals surface area contributed by atoms with Crippen molar-refractivity contribution in [2.45, 2.75) is 32.1 Å². The minimum Gasteiger partial charge on any atom is -0.360 e. The van der Waals surface area contributed by atoms with E-state index >= 15 is 0 Å². The Morgan fingerprint density at radius 3 is 2.61 bits per heavy atom. The molecule has 5 rings (SSSR count). The highest BCUT2D eigenvalue weighted by Gasteiger charge is 2.47. The van der Waals surface area contributed by atoms with Gasteiger partial charge in [-0.05, 0) is 64.5 Å². The van der Waals surface area contributed by atoms with E-state index in [4.69, 9.17) is 16.1 Å². The normalized spacial score (nSPS) is 17.9. The van der Waals surface area contributed by atoms with Gasteiger partial charge in [-0.3, -0.25) is 4.79 Å².